The number of hydrogen-bond acceptors (Lipinski definition) is 3. The van der Waals surface area contributed by atoms with E-state index in [0.717, 1.165) is 0 Å². The van der Waals surface area contributed by atoms with Crippen LogP contribution in [0.5, 0.6) is 0 Å². The molecule has 2 rings (SSSR count). The molecule has 0 spiro atoms. The number of carbonyl (C=O) groups excluding carboxylic acids is 1. The maximum Gasteiger partial charge on any atom is 0.271 e. The van der Waals surface area contributed by atoms with Crippen LogP contribution in [0, 0.1) is 17.7 Å². The first-order valence-corrected chi connectivity index (χ1v) is 4.83. The SMILES string of the molecule is O=C(Nc1c(F)nnc(F)c1F)c1ccccc1. The van der Waals surface area contributed by atoms with Crippen LogP contribution >= 0.6 is 0 Å². The number of nitrogens with one attached hydrogen (secondary N) is 1. The minimum Gasteiger partial charge on any atom is -0.315 e. The highest BCUT2D eigenvalue weighted by molar-refractivity contribution is 6.04. The number of amides is 1. The number of nitrogens with zero attached hydrogens (tertiary/aromatic N) is 2. The number of carbonyl (C=O) groups is 1. The van der Waals surface area contributed by atoms with Crippen molar-refractivity contribution in [1.29, 1.82) is 0 Å². The number of rotatable bonds is 2. The second-order valence-electron chi connectivity index (χ2n) is 3.29. The van der Waals surface area contributed by atoms with Crippen molar-refractivity contribution >= 4 is 11.6 Å². The number of benzene rings is 1. The van der Waals surface area contributed by atoms with Gasteiger partial charge in [0.25, 0.3) is 17.8 Å². The largest absolute Gasteiger partial charge is 0.315 e. The van der Waals surface area contributed by atoms with Gasteiger partial charge in [0.05, 0.1) is 0 Å². The maximum atomic E-state index is 13.2. The maximum absolute atomic E-state index is 13.2. The summed E-state index contributed by atoms with van der Waals surface area (Å²) >= 11 is 0. The van der Waals surface area contributed by atoms with Gasteiger partial charge in [-0.05, 0) is 12.1 Å². The molecular formula is C11H6F3N3O. The van der Waals surface area contributed by atoms with Crippen LogP contribution in [-0.2, 0) is 0 Å². The first-order valence-electron chi connectivity index (χ1n) is 4.83. The summed E-state index contributed by atoms with van der Waals surface area (Å²) in [5.41, 5.74) is -0.787. The molecule has 1 amide bonds. The van der Waals surface area contributed by atoms with Crippen molar-refractivity contribution in [1.82, 2.24) is 10.2 Å². The zero-order valence-corrected chi connectivity index (χ0v) is 8.82. The molecule has 0 bridgehead atoms. The van der Waals surface area contributed by atoms with E-state index in [1.165, 1.54) is 12.1 Å². The van der Waals surface area contributed by atoms with Crippen LogP contribution in [0.3, 0.4) is 0 Å². The summed E-state index contributed by atoms with van der Waals surface area (Å²) < 4.78 is 39.1. The Morgan fingerprint density at radius 3 is 2.28 bits per heavy atom. The summed E-state index contributed by atoms with van der Waals surface area (Å²) in [5, 5.41) is 7.24. The second-order valence-corrected chi connectivity index (χ2v) is 3.29. The average Bonchev–Trinajstić information content (AvgIpc) is 2.40. The minimum absolute atomic E-state index is 0.175. The third kappa shape index (κ3) is 2.29. The Balaban J connectivity index is 2.30. The van der Waals surface area contributed by atoms with Gasteiger partial charge in [0.15, 0.2) is 0 Å². The van der Waals surface area contributed by atoms with Crippen LogP contribution in [0.25, 0.3) is 0 Å². The van der Waals surface area contributed by atoms with Crippen molar-refractivity contribution in [2.45, 2.75) is 0 Å². The number of hydrogen-bond donors (Lipinski definition) is 1. The molecule has 0 saturated carbocycles. The van der Waals surface area contributed by atoms with Gasteiger partial charge in [-0.25, -0.2) is 0 Å². The summed E-state index contributed by atoms with van der Waals surface area (Å²) in [6, 6.07) is 7.71. The van der Waals surface area contributed by atoms with Crippen molar-refractivity contribution in [3.8, 4) is 0 Å². The summed E-state index contributed by atoms with van der Waals surface area (Å²) in [7, 11) is 0. The van der Waals surface area contributed by atoms with E-state index in [4.69, 9.17) is 0 Å². The Bertz CT molecular complexity index is 590. The summed E-state index contributed by atoms with van der Waals surface area (Å²) in [6.45, 7) is 0. The third-order valence-corrected chi connectivity index (χ3v) is 2.11. The van der Waals surface area contributed by atoms with Crippen LogP contribution in [0.15, 0.2) is 30.3 Å². The molecule has 0 fully saturated rings. The van der Waals surface area contributed by atoms with Gasteiger partial charge >= 0.3 is 0 Å². The molecule has 0 saturated heterocycles. The van der Waals surface area contributed by atoms with E-state index in [-0.39, 0.29) is 5.56 Å². The molecule has 2 aromatic rings. The summed E-state index contributed by atoms with van der Waals surface area (Å²) in [6.07, 6.45) is 0. The molecule has 1 N–H and O–H groups in total. The zero-order valence-electron chi connectivity index (χ0n) is 8.82. The van der Waals surface area contributed by atoms with Crippen molar-refractivity contribution in [3.63, 3.8) is 0 Å². The van der Waals surface area contributed by atoms with Crippen molar-refractivity contribution in [3.05, 3.63) is 53.6 Å². The van der Waals surface area contributed by atoms with Crippen LogP contribution < -0.4 is 5.32 Å². The molecule has 0 aliphatic carbocycles. The minimum atomic E-state index is -1.59. The highest BCUT2D eigenvalue weighted by Gasteiger charge is 2.19. The lowest BCUT2D eigenvalue weighted by Crippen LogP contribution is -2.16. The molecule has 18 heavy (non-hydrogen) atoms. The molecule has 0 aliphatic heterocycles. The topological polar surface area (TPSA) is 54.9 Å². The van der Waals surface area contributed by atoms with Crippen LogP contribution in [-0.4, -0.2) is 16.1 Å². The van der Waals surface area contributed by atoms with Crippen molar-refractivity contribution in [2.24, 2.45) is 0 Å². The fraction of sp³-hybridized carbons (Fsp3) is 0. The van der Waals surface area contributed by atoms with Gasteiger partial charge in [-0.15, -0.1) is 10.2 Å². The normalized spacial score (nSPS) is 10.2. The molecule has 92 valence electrons. The van der Waals surface area contributed by atoms with Gasteiger partial charge in [0, 0.05) is 5.56 Å². The molecule has 1 aromatic heterocycles. The van der Waals surface area contributed by atoms with Crippen LogP contribution in [0.4, 0.5) is 18.9 Å². The van der Waals surface area contributed by atoms with E-state index < -0.39 is 29.3 Å². The Morgan fingerprint density at radius 1 is 1.00 bits per heavy atom. The fourth-order valence-corrected chi connectivity index (χ4v) is 1.26. The third-order valence-electron chi connectivity index (χ3n) is 2.11. The second kappa shape index (κ2) is 4.82. The van der Waals surface area contributed by atoms with E-state index in [1.807, 2.05) is 5.32 Å². The lowest BCUT2D eigenvalue weighted by atomic mass is 10.2. The summed E-state index contributed by atoms with van der Waals surface area (Å²) in [5.74, 6) is -5.34. The van der Waals surface area contributed by atoms with Crippen LogP contribution in [0.1, 0.15) is 10.4 Å². The zero-order chi connectivity index (χ0) is 13.1. The van der Waals surface area contributed by atoms with Gasteiger partial charge in [-0.3, -0.25) is 4.79 Å². The standard InChI is InChI=1S/C11H6F3N3O/c12-7-8(10(14)17-16-9(7)13)15-11(18)6-4-2-1-3-5-6/h1-5H,(H,15,16,18). The molecule has 1 heterocycles. The van der Waals surface area contributed by atoms with Gasteiger partial charge in [-0.1, -0.05) is 18.2 Å². The lowest BCUT2D eigenvalue weighted by Gasteiger charge is -2.06. The molecule has 0 aliphatic rings. The number of halogens is 3. The lowest BCUT2D eigenvalue weighted by molar-refractivity contribution is 0.102. The fourth-order valence-electron chi connectivity index (χ4n) is 1.26. The molecule has 7 heteroatoms. The van der Waals surface area contributed by atoms with E-state index in [2.05, 4.69) is 10.2 Å². The molecule has 1 aromatic carbocycles. The quantitative estimate of drug-likeness (QED) is 0.892. The average molecular weight is 253 g/mol. The number of anilines is 1. The monoisotopic (exact) mass is 253 g/mol. The summed E-state index contributed by atoms with van der Waals surface area (Å²) in [4.78, 5) is 11.6. The van der Waals surface area contributed by atoms with E-state index in [9.17, 15) is 18.0 Å². The predicted molar refractivity (Wildman–Crippen MR) is 56.3 cm³/mol. The Morgan fingerprint density at radius 2 is 1.61 bits per heavy atom. The molecule has 0 atom stereocenters. The van der Waals surface area contributed by atoms with Gasteiger partial charge in [-0.2, -0.15) is 13.2 Å². The molecule has 0 radical (unpaired) electrons. The Kier molecular flexibility index (Phi) is 3.22. The number of aromatic nitrogens is 2. The van der Waals surface area contributed by atoms with Gasteiger partial charge in [0.2, 0.25) is 5.82 Å². The predicted octanol–water partition coefficient (Wildman–Crippen LogP) is 2.15. The first-order chi connectivity index (χ1) is 8.59. The first kappa shape index (κ1) is 12.0. The smallest absolute Gasteiger partial charge is 0.271 e. The highest BCUT2D eigenvalue weighted by Crippen LogP contribution is 2.18. The van der Waals surface area contributed by atoms with E-state index >= 15 is 0 Å². The van der Waals surface area contributed by atoms with Crippen LogP contribution in [0.2, 0.25) is 0 Å². The van der Waals surface area contributed by atoms with Crippen molar-refractivity contribution < 1.29 is 18.0 Å². The Labute approximate surface area is 99.5 Å². The molecular weight excluding hydrogens is 247 g/mol. The van der Waals surface area contributed by atoms with E-state index in [0.29, 0.717) is 0 Å². The van der Waals surface area contributed by atoms with E-state index in [1.54, 1.807) is 18.2 Å². The van der Waals surface area contributed by atoms with Gasteiger partial charge < -0.3 is 5.32 Å². The van der Waals surface area contributed by atoms with Gasteiger partial charge in [0.1, 0.15) is 5.69 Å². The Hall–Kier alpha value is -2.44. The van der Waals surface area contributed by atoms with Crippen molar-refractivity contribution in [2.75, 3.05) is 5.32 Å². The molecule has 0 unspecified atom stereocenters. The highest BCUT2D eigenvalue weighted by atomic mass is 19.2. The molecule has 4 nitrogen and oxygen atoms in total.